The van der Waals surface area contributed by atoms with Crippen LogP contribution in [-0.2, 0) is 6.42 Å². The molecule has 3 nitrogen and oxygen atoms in total. The second kappa shape index (κ2) is 3.57. The van der Waals surface area contributed by atoms with Crippen molar-refractivity contribution in [3.05, 3.63) is 42.0 Å². The fraction of sp³-hybridized carbons (Fsp3) is 0.200. The summed E-state index contributed by atoms with van der Waals surface area (Å²) in [6.07, 6.45) is 2.42. The Hall–Kier alpha value is -1.71. The van der Waals surface area contributed by atoms with Gasteiger partial charge in [-0.3, -0.25) is 0 Å². The van der Waals surface area contributed by atoms with Crippen molar-refractivity contribution in [2.24, 2.45) is 0 Å². The summed E-state index contributed by atoms with van der Waals surface area (Å²) in [5.74, 6) is -0.285. The first kappa shape index (κ1) is 8.87. The first-order chi connectivity index (χ1) is 6.83. The van der Waals surface area contributed by atoms with E-state index in [1.54, 1.807) is 24.4 Å². The molecule has 0 N–H and O–H groups in total. The lowest BCUT2D eigenvalue weighted by Gasteiger charge is -2.04. The molecule has 0 radical (unpaired) electrons. The highest BCUT2D eigenvalue weighted by Gasteiger charge is 2.07. The lowest BCUT2D eigenvalue weighted by molar-refractivity contribution is 0.603. The van der Waals surface area contributed by atoms with Crippen LogP contribution in [0.4, 0.5) is 4.39 Å². The molecular weight excluding hydrogens is 181 g/mol. The van der Waals surface area contributed by atoms with Crippen LogP contribution in [0.1, 0.15) is 12.6 Å². The smallest absolute Gasteiger partial charge is 0.148 e. The SMILES string of the molecule is CCc1cnnn1-c1ccccc1F. The summed E-state index contributed by atoms with van der Waals surface area (Å²) < 4.78 is 14.9. The highest BCUT2D eigenvalue weighted by atomic mass is 19.1. The molecule has 4 heteroatoms. The van der Waals surface area contributed by atoms with Crippen molar-refractivity contribution in [3.8, 4) is 5.69 Å². The van der Waals surface area contributed by atoms with Crippen molar-refractivity contribution in [3.63, 3.8) is 0 Å². The van der Waals surface area contributed by atoms with E-state index in [9.17, 15) is 4.39 Å². The maximum atomic E-state index is 13.4. The highest BCUT2D eigenvalue weighted by Crippen LogP contribution is 2.13. The van der Waals surface area contributed by atoms with Crippen LogP contribution in [0.3, 0.4) is 0 Å². The molecule has 0 saturated carbocycles. The quantitative estimate of drug-likeness (QED) is 0.726. The zero-order valence-electron chi connectivity index (χ0n) is 7.81. The molecule has 0 saturated heterocycles. The van der Waals surface area contributed by atoms with Crippen LogP contribution in [0.15, 0.2) is 30.5 Å². The molecule has 2 aromatic rings. The molecule has 1 heterocycles. The summed E-state index contributed by atoms with van der Waals surface area (Å²) >= 11 is 0. The molecule has 2 rings (SSSR count). The summed E-state index contributed by atoms with van der Waals surface area (Å²) in [4.78, 5) is 0. The van der Waals surface area contributed by atoms with Crippen molar-refractivity contribution in [2.75, 3.05) is 0 Å². The minimum atomic E-state index is -0.285. The van der Waals surface area contributed by atoms with Crippen LogP contribution in [0.2, 0.25) is 0 Å². The van der Waals surface area contributed by atoms with E-state index < -0.39 is 0 Å². The molecule has 0 aliphatic rings. The average Bonchev–Trinajstić information content (AvgIpc) is 2.66. The zero-order chi connectivity index (χ0) is 9.97. The minimum Gasteiger partial charge on any atom is -0.215 e. The van der Waals surface area contributed by atoms with Gasteiger partial charge in [-0.15, -0.1) is 5.10 Å². The monoisotopic (exact) mass is 191 g/mol. The first-order valence-corrected chi connectivity index (χ1v) is 4.47. The lowest BCUT2D eigenvalue weighted by Crippen LogP contribution is -2.03. The van der Waals surface area contributed by atoms with Gasteiger partial charge >= 0.3 is 0 Å². The maximum absolute atomic E-state index is 13.4. The number of benzene rings is 1. The van der Waals surface area contributed by atoms with Gasteiger partial charge in [0.15, 0.2) is 0 Å². The van der Waals surface area contributed by atoms with E-state index in [2.05, 4.69) is 10.3 Å². The highest BCUT2D eigenvalue weighted by molar-refractivity contribution is 5.33. The molecule has 0 aliphatic heterocycles. The lowest BCUT2D eigenvalue weighted by atomic mass is 10.3. The molecule has 0 bridgehead atoms. The standard InChI is InChI=1S/C10H10FN3/c1-2-8-7-12-13-14(8)10-6-4-3-5-9(10)11/h3-7H,2H2,1H3. The number of hydrogen-bond donors (Lipinski definition) is 0. The predicted molar refractivity (Wildman–Crippen MR) is 50.7 cm³/mol. The average molecular weight is 191 g/mol. The second-order valence-electron chi connectivity index (χ2n) is 2.94. The topological polar surface area (TPSA) is 30.7 Å². The summed E-state index contributed by atoms with van der Waals surface area (Å²) in [5.41, 5.74) is 1.34. The van der Waals surface area contributed by atoms with Crippen LogP contribution in [0.25, 0.3) is 5.69 Å². The summed E-state index contributed by atoms with van der Waals surface area (Å²) in [6, 6.07) is 6.53. The zero-order valence-corrected chi connectivity index (χ0v) is 7.81. The summed E-state index contributed by atoms with van der Waals surface area (Å²) in [5, 5.41) is 7.60. The van der Waals surface area contributed by atoms with Crippen molar-refractivity contribution in [2.45, 2.75) is 13.3 Å². The van der Waals surface area contributed by atoms with E-state index in [0.29, 0.717) is 5.69 Å². The van der Waals surface area contributed by atoms with Crippen molar-refractivity contribution in [1.82, 2.24) is 15.0 Å². The first-order valence-electron chi connectivity index (χ1n) is 4.47. The number of hydrogen-bond acceptors (Lipinski definition) is 2. The third-order valence-corrected chi connectivity index (χ3v) is 2.06. The van der Waals surface area contributed by atoms with Gasteiger partial charge in [-0.1, -0.05) is 24.3 Å². The number of aryl methyl sites for hydroxylation is 1. The molecule has 1 aromatic carbocycles. The number of rotatable bonds is 2. The Morgan fingerprint density at radius 3 is 2.86 bits per heavy atom. The largest absolute Gasteiger partial charge is 0.215 e. The number of halogens is 1. The number of nitrogens with zero attached hydrogens (tertiary/aromatic N) is 3. The van der Waals surface area contributed by atoms with E-state index in [0.717, 1.165) is 12.1 Å². The van der Waals surface area contributed by atoms with Crippen LogP contribution >= 0.6 is 0 Å². The van der Waals surface area contributed by atoms with Gasteiger partial charge < -0.3 is 0 Å². The summed E-state index contributed by atoms with van der Waals surface area (Å²) in [6.45, 7) is 1.98. The minimum absolute atomic E-state index is 0.285. The third kappa shape index (κ3) is 1.39. The van der Waals surface area contributed by atoms with Gasteiger partial charge in [0.2, 0.25) is 0 Å². The Bertz CT molecular complexity index is 436. The van der Waals surface area contributed by atoms with E-state index in [1.165, 1.54) is 10.7 Å². The molecule has 0 spiro atoms. The van der Waals surface area contributed by atoms with E-state index in [-0.39, 0.29) is 5.82 Å². The number of para-hydroxylation sites is 1. The van der Waals surface area contributed by atoms with Crippen molar-refractivity contribution >= 4 is 0 Å². The van der Waals surface area contributed by atoms with E-state index in [4.69, 9.17) is 0 Å². The van der Waals surface area contributed by atoms with Crippen molar-refractivity contribution < 1.29 is 4.39 Å². The fourth-order valence-corrected chi connectivity index (χ4v) is 1.32. The van der Waals surface area contributed by atoms with E-state index in [1.807, 2.05) is 6.92 Å². The van der Waals surface area contributed by atoms with Gasteiger partial charge in [0.25, 0.3) is 0 Å². The van der Waals surface area contributed by atoms with Crippen LogP contribution in [0.5, 0.6) is 0 Å². The molecular formula is C10H10FN3. The fourth-order valence-electron chi connectivity index (χ4n) is 1.32. The Kier molecular flexibility index (Phi) is 2.26. The number of aromatic nitrogens is 3. The van der Waals surface area contributed by atoms with Crippen LogP contribution in [-0.4, -0.2) is 15.0 Å². The predicted octanol–water partition coefficient (Wildman–Crippen LogP) is 1.97. The Morgan fingerprint density at radius 2 is 2.14 bits per heavy atom. The molecule has 0 unspecified atom stereocenters. The van der Waals surface area contributed by atoms with E-state index >= 15 is 0 Å². The van der Waals surface area contributed by atoms with Gasteiger partial charge in [-0.2, -0.15) is 0 Å². The van der Waals surface area contributed by atoms with Crippen LogP contribution in [0, 0.1) is 5.82 Å². The molecule has 0 fully saturated rings. The van der Waals surface area contributed by atoms with Gasteiger partial charge in [0.05, 0.1) is 11.9 Å². The van der Waals surface area contributed by atoms with Gasteiger partial charge in [-0.05, 0) is 18.6 Å². The summed E-state index contributed by atoms with van der Waals surface area (Å²) in [7, 11) is 0. The van der Waals surface area contributed by atoms with Gasteiger partial charge in [0.1, 0.15) is 11.5 Å². The molecule has 14 heavy (non-hydrogen) atoms. The van der Waals surface area contributed by atoms with Crippen molar-refractivity contribution in [1.29, 1.82) is 0 Å². The Labute approximate surface area is 81.2 Å². The molecule has 1 aromatic heterocycles. The molecule has 72 valence electrons. The van der Waals surface area contributed by atoms with Gasteiger partial charge in [0, 0.05) is 0 Å². The Balaban J connectivity index is 2.54. The normalized spacial score (nSPS) is 10.4. The third-order valence-electron chi connectivity index (χ3n) is 2.06. The Morgan fingerprint density at radius 1 is 1.36 bits per heavy atom. The molecule has 0 amide bonds. The molecule has 0 atom stereocenters. The maximum Gasteiger partial charge on any atom is 0.148 e. The second-order valence-corrected chi connectivity index (χ2v) is 2.94. The van der Waals surface area contributed by atoms with Gasteiger partial charge in [-0.25, -0.2) is 9.07 Å². The molecule has 0 aliphatic carbocycles. The van der Waals surface area contributed by atoms with Crippen LogP contribution < -0.4 is 0 Å².